The highest BCUT2D eigenvalue weighted by atomic mass is 32.2. The number of methoxy groups -OCH3 is 3. The zero-order valence-electron chi connectivity index (χ0n) is 15.0. The molecule has 8 heteroatoms. The molecule has 1 aromatic carbocycles. The van der Waals surface area contributed by atoms with Crippen LogP contribution < -0.4 is 4.74 Å². The van der Waals surface area contributed by atoms with E-state index in [0.29, 0.717) is 10.6 Å². The van der Waals surface area contributed by atoms with Crippen molar-refractivity contribution in [2.24, 2.45) is 5.10 Å². The Morgan fingerprint density at radius 2 is 1.85 bits per heavy atom. The molecule has 0 fully saturated rings. The number of thioether (sulfide) groups is 1. The summed E-state index contributed by atoms with van der Waals surface area (Å²) in [6.07, 6.45) is 5.55. The molecule has 0 spiro atoms. The van der Waals surface area contributed by atoms with E-state index in [4.69, 9.17) is 19.3 Å². The molecule has 0 saturated carbocycles. The summed E-state index contributed by atoms with van der Waals surface area (Å²) in [6, 6.07) is 6.76. The van der Waals surface area contributed by atoms with Gasteiger partial charge in [-0.15, -0.1) is 0 Å². The zero-order chi connectivity index (χ0) is 19.2. The first-order valence-corrected chi connectivity index (χ1v) is 9.14. The second kappa shape index (κ2) is 6.45. The van der Waals surface area contributed by atoms with Crippen molar-refractivity contribution in [3.05, 3.63) is 53.6 Å². The number of carbonyl (C=O) groups excluding carboxylic acids is 2. The quantitative estimate of drug-likeness (QED) is 0.576. The second-order valence-electron chi connectivity index (χ2n) is 6.24. The maximum atomic E-state index is 13.0. The molecule has 3 heterocycles. The molecular formula is C19H18N2O5S. The Balaban J connectivity index is 1.84. The van der Waals surface area contributed by atoms with Crippen LogP contribution in [0.5, 0.6) is 5.75 Å². The molecule has 3 aliphatic heterocycles. The summed E-state index contributed by atoms with van der Waals surface area (Å²) in [5, 5.41) is 7.20. The van der Waals surface area contributed by atoms with Gasteiger partial charge in [0.2, 0.25) is 0 Å². The molecule has 1 aromatic rings. The minimum Gasteiger partial charge on any atom is -0.497 e. The van der Waals surface area contributed by atoms with Crippen molar-refractivity contribution in [3.63, 3.8) is 0 Å². The first kappa shape index (κ1) is 17.7. The minimum absolute atomic E-state index is 0.212. The Morgan fingerprint density at radius 1 is 1.11 bits per heavy atom. The number of hydrazone groups is 1. The standard InChI is InChI=1S/C19H18N2O5S/c1-24-13-7-4-11(5-8-13)16-20-21-12-6-9-15(21)19(27-16,18(23)26-3)14(10-12)17(22)25-2/h4-10,12,15H,1-3H3. The van der Waals surface area contributed by atoms with Crippen LogP contribution in [0.15, 0.2) is 53.2 Å². The first-order valence-electron chi connectivity index (χ1n) is 8.33. The Bertz CT molecular complexity index is 892. The molecule has 4 rings (SSSR count). The van der Waals surface area contributed by atoms with Crippen molar-refractivity contribution in [1.29, 1.82) is 0 Å². The van der Waals surface area contributed by atoms with Crippen LogP contribution in [-0.4, -0.2) is 60.2 Å². The molecule has 3 unspecified atom stereocenters. The van der Waals surface area contributed by atoms with Gasteiger partial charge in [0.15, 0.2) is 4.75 Å². The number of esters is 2. The van der Waals surface area contributed by atoms with Gasteiger partial charge in [0.05, 0.1) is 39.0 Å². The van der Waals surface area contributed by atoms with E-state index in [-0.39, 0.29) is 6.04 Å². The third-order valence-electron chi connectivity index (χ3n) is 4.93. The van der Waals surface area contributed by atoms with Crippen LogP contribution in [0, 0.1) is 0 Å². The highest BCUT2D eigenvalue weighted by Gasteiger charge is 2.62. The molecule has 0 saturated heterocycles. The highest BCUT2D eigenvalue weighted by molar-refractivity contribution is 8.16. The number of benzene rings is 1. The number of hydrogen-bond acceptors (Lipinski definition) is 8. The van der Waals surface area contributed by atoms with Gasteiger partial charge >= 0.3 is 11.9 Å². The molecule has 0 N–H and O–H groups in total. The molecular weight excluding hydrogens is 368 g/mol. The van der Waals surface area contributed by atoms with Gasteiger partial charge in [-0.1, -0.05) is 23.9 Å². The molecule has 7 nitrogen and oxygen atoms in total. The number of nitrogens with zero attached hydrogens (tertiary/aromatic N) is 2. The van der Waals surface area contributed by atoms with E-state index in [0.717, 1.165) is 11.3 Å². The molecule has 0 radical (unpaired) electrons. The van der Waals surface area contributed by atoms with Gasteiger partial charge in [-0.3, -0.25) is 9.80 Å². The van der Waals surface area contributed by atoms with E-state index in [2.05, 4.69) is 0 Å². The molecule has 3 atom stereocenters. The summed E-state index contributed by atoms with van der Waals surface area (Å²) >= 11 is 1.22. The smallest absolute Gasteiger partial charge is 0.335 e. The lowest BCUT2D eigenvalue weighted by molar-refractivity contribution is -0.147. The van der Waals surface area contributed by atoms with Gasteiger partial charge < -0.3 is 14.2 Å². The maximum Gasteiger partial charge on any atom is 0.335 e. The van der Waals surface area contributed by atoms with Crippen molar-refractivity contribution < 1.29 is 23.8 Å². The molecule has 4 bridgehead atoms. The van der Waals surface area contributed by atoms with Crippen LogP contribution >= 0.6 is 11.8 Å². The van der Waals surface area contributed by atoms with Crippen molar-refractivity contribution in [2.45, 2.75) is 16.8 Å². The highest BCUT2D eigenvalue weighted by Crippen LogP contribution is 2.51. The number of carbonyl (C=O) groups is 2. The molecule has 0 aliphatic carbocycles. The van der Waals surface area contributed by atoms with E-state index in [1.807, 2.05) is 41.4 Å². The fraction of sp³-hybridized carbons (Fsp3) is 0.316. The molecule has 3 aliphatic rings. The molecule has 27 heavy (non-hydrogen) atoms. The van der Waals surface area contributed by atoms with Gasteiger partial charge in [-0.2, -0.15) is 5.10 Å². The van der Waals surface area contributed by atoms with Crippen LogP contribution in [0.25, 0.3) is 0 Å². The van der Waals surface area contributed by atoms with Crippen molar-refractivity contribution in [1.82, 2.24) is 5.01 Å². The fourth-order valence-electron chi connectivity index (χ4n) is 3.61. The van der Waals surface area contributed by atoms with E-state index >= 15 is 0 Å². The van der Waals surface area contributed by atoms with Crippen LogP contribution in [0.3, 0.4) is 0 Å². The molecule has 140 valence electrons. The minimum atomic E-state index is -1.28. The Kier molecular flexibility index (Phi) is 4.22. The average molecular weight is 386 g/mol. The van der Waals surface area contributed by atoms with Gasteiger partial charge in [0.25, 0.3) is 0 Å². The average Bonchev–Trinajstić information content (AvgIpc) is 3.03. The lowest BCUT2D eigenvalue weighted by Crippen LogP contribution is -2.61. The van der Waals surface area contributed by atoms with Gasteiger partial charge in [0.1, 0.15) is 10.8 Å². The predicted octanol–water partition coefficient (Wildman–Crippen LogP) is 1.74. The van der Waals surface area contributed by atoms with E-state index < -0.39 is 22.7 Å². The monoisotopic (exact) mass is 386 g/mol. The predicted molar refractivity (Wildman–Crippen MR) is 101 cm³/mol. The summed E-state index contributed by atoms with van der Waals surface area (Å²) in [4.78, 5) is 25.5. The normalized spacial score (nSPS) is 27.6. The Labute approximate surface area is 160 Å². The number of rotatable bonds is 4. The van der Waals surface area contributed by atoms with E-state index in [1.165, 1.54) is 26.0 Å². The summed E-state index contributed by atoms with van der Waals surface area (Å²) in [7, 11) is 4.23. The van der Waals surface area contributed by atoms with Crippen LogP contribution in [0.4, 0.5) is 0 Å². The first-order chi connectivity index (χ1) is 13.0. The largest absolute Gasteiger partial charge is 0.497 e. The Morgan fingerprint density at radius 3 is 2.48 bits per heavy atom. The molecule has 0 aromatic heterocycles. The third-order valence-corrected chi connectivity index (χ3v) is 6.39. The van der Waals surface area contributed by atoms with Crippen molar-refractivity contribution in [3.8, 4) is 5.75 Å². The van der Waals surface area contributed by atoms with Gasteiger partial charge in [-0.05, 0) is 30.3 Å². The SMILES string of the molecule is COC(=O)C1=CC2C=CC3N2N=C(c2ccc(OC)cc2)SC13C(=O)OC. The van der Waals surface area contributed by atoms with Gasteiger partial charge in [0, 0.05) is 5.56 Å². The van der Waals surface area contributed by atoms with E-state index in [9.17, 15) is 9.59 Å². The summed E-state index contributed by atoms with van der Waals surface area (Å²) in [5.74, 6) is -0.326. The molecule has 0 amide bonds. The summed E-state index contributed by atoms with van der Waals surface area (Å²) in [6.45, 7) is 0. The van der Waals surface area contributed by atoms with Crippen molar-refractivity contribution >= 4 is 28.7 Å². The van der Waals surface area contributed by atoms with E-state index in [1.54, 1.807) is 13.2 Å². The lowest BCUT2D eigenvalue weighted by Gasteiger charge is -2.47. The Hall–Kier alpha value is -2.74. The summed E-state index contributed by atoms with van der Waals surface area (Å²) < 4.78 is 14.0. The van der Waals surface area contributed by atoms with Crippen LogP contribution in [-0.2, 0) is 19.1 Å². The van der Waals surface area contributed by atoms with Gasteiger partial charge in [-0.25, -0.2) is 4.79 Å². The lowest BCUT2D eigenvalue weighted by atomic mass is 9.87. The van der Waals surface area contributed by atoms with Crippen LogP contribution in [0.2, 0.25) is 0 Å². The topological polar surface area (TPSA) is 77.4 Å². The van der Waals surface area contributed by atoms with Crippen LogP contribution in [0.1, 0.15) is 5.56 Å². The summed E-state index contributed by atoms with van der Waals surface area (Å²) in [5.41, 5.74) is 1.11. The maximum absolute atomic E-state index is 13.0. The fourth-order valence-corrected chi connectivity index (χ4v) is 5.04. The van der Waals surface area contributed by atoms with Crippen molar-refractivity contribution in [2.75, 3.05) is 21.3 Å². The zero-order valence-corrected chi connectivity index (χ0v) is 15.9. The third kappa shape index (κ3) is 2.47. The number of hydrogen-bond donors (Lipinski definition) is 0. The second-order valence-corrected chi connectivity index (χ2v) is 7.47. The number of ether oxygens (including phenoxy) is 3.